The number of amides is 1. The third kappa shape index (κ3) is 2.60. The number of rotatable bonds is 2. The molecular weight excluding hydrogens is 382 g/mol. The van der Waals surface area contributed by atoms with Crippen molar-refractivity contribution in [2.45, 2.75) is 13.0 Å². The molecule has 0 saturated heterocycles. The molecule has 0 N–H and O–H groups in total. The smallest absolute Gasteiger partial charge is 0.337 e. The maximum absolute atomic E-state index is 13.2. The predicted molar refractivity (Wildman–Crippen MR) is 104 cm³/mol. The first-order valence-corrected chi connectivity index (χ1v) is 8.93. The lowest BCUT2D eigenvalue weighted by Gasteiger charge is -2.20. The van der Waals surface area contributed by atoms with Gasteiger partial charge in [0.2, 0.25) is 5.76 Å². The molecule has 0 spiro atoms. The van der Waals surface area contributed by atoms with E-state index in [1.165, 1.54) is 12.0 Å². The van der Waals surface area contributed by atoms with Crippen LogP contribution in [0.15, 0.2) is 45.6 Å². The Bertz CT molecular complexity index is 1200. The lowest BCUT2D eigenvalue weighted by molar-refractivity contribution is 0.0600. The molecule has 0 unspecified atom stereocenters. The fourth-order valence-electron chi connectivity index (χ4n) is 3.52. The van der Waals surface area contributed by atoms with Crippen LogP contribution in [0, 0.1) is 6.92 Å². The highest BCUT2D eigenvalue weighted by Crippen LogP contribution is 2.37. The zero-order valence-corrected chi connectivity index (χ0v) is 16.2. The minimum Gasteiger partial charge on any atom is -0.465 e. The Morgan fingerprint density at radius 3 is 2.50 bits per heavy atom. The Labute approximate surface area is 165 Å². The van der Waals surface area contributed by atoms with E-state index in [4.69, 9.17) is 20.8 Å². The van der Waals surface area contributed by atoms with E-state index in [1.54, 1.807) is 50.4 Å². The number of carbonyl (C=O) groups is 2. The summed E-state index contributed by atoms with van der Waals surface area (Å²) in [5.41, 5.74) is 2.13. The first-order valence-electron chi connectivity index (χ1n) is 8.55. The number of esters is 1. The predicted octanol–water partition coefficient (Wildman–Crippen LogP) is 3.72. The molecule has 0 aliphatic carbocycles. The molecule has 2 aromatic carbocycles. The van der Waals surface area contributed by atoms with Crippen LogP contribution in [-0.2, 0) is 4.74 Å². The van der Waals surface area contributed by atoms with Gasteiger partial charge in [0.25, 0.3) is 5.91 Å². The van der Waals surface area contributed by atoms with Gasteiger partial charge in [0.15, 0.2) is 5.43 Å². The molecule has 1 atom stereocenters. The van der Waals surface area contributed by atoms with Crippen LogP contribution < -0.4 is 5.43 Å². The number of methoxy groups -OCH3 is 1. The molecule has 0 radical (unpaired) electrons. The Morgan fingerprint density at radius 1 is 1.18 bits per heavy atom. The number of ether oxygens (including phenoxy) is 1. The van der Waals surface area contributed by atoms with E-state index in [0.29, 0.717) is 27.1 Å². The van der Waals surface area contributed by atoms with Gasteiger partial charge in [-0.15, -0.1) is 0 Å². The molecule has 6 nitrogen and oxygen atoms in total. The van der Waals surface area contributed by atoms with Gasteiger partial charge in [0.1, 0.15) is 5.58 Å². The zero-order valence-electron chi connectivity index (χ0n) is 15.4. The van der Waals surface area contributed by atoms with Gasteiger partial charge < -0.3 is 14.1 Å². The summed E-state index contributed by atoms with van der Waals surface area (Å²) in [6, 6.07) is 9.20. The first kappa shape index (κ1) is 18.3. The summed E-state index contributed by atoms with van der Waals surface area (Å²) in [4.78, 5) is 39.1. The van der Waals surface area contributed by atoms with E-state index in [2.05, 4.69) is 0 Å². The molecule has 1 aliphatic heterocycles. The average Bonchev–Trinajstić information content (AvgIpc) is 2.94. The third-order valence-corrected chi connectivity index (χ3v) is 5.44. The number of benzene rings is 2. The number of fused-ring (bicyclic) bond motifs is 2. The average molecular weight is 398 g/mol. The maximum atomic E-state index is 13.2. The lowest BCUT2D eigenvalue weighted by atomic mass is 9.97. The van der Waals surface area contributed by atoms with Crippen LogP contribution in [0.5, 0.6) is 0 Å². The Morgan fingerprint density at radius 2 is 1.86 bits per heavy atom. The fraction of sp³-hybridized carbons (Fsp3) is 0.190. The van der Waals surface area contributed by atoms with E-state index in [1.807, 2.05) is 0 Å². The summed E-state index contributed by atoms with van der Waals surface area (Å²) in [6.07, 6.45) is 0. The highest BCUT2D eigenvalue weighted by Gasteiger charge is 2.40. The molecule has 3 aromatic rings. The van der Waals surface area contributed by atoms with Gasteiger partial charge >= 0.3 is 5.97 Å². The fourth-order valence-corrected chi connectivity index (χ4v) is 3.68. The highest BCUT2D eigenvalue weighted by atomic mass is 35.5. The van der Waals surface area contributed by atoms with Crippen molar-refractivity contribution in [3.63, 3.8) is 0 Å². The number of carbonyl (C=O) groups excluding carboxylic acids is 2. The minimum absolute atomic E-state index is 0.0313. The van der Waals surface area contributed by atoms with Gasteiger partial charge in [-0.05, 0) is 42.3 Å². The van der Waals surface area contributed by atoms with Crippen LogP contribution in [0.1, 0.15) is 43.6 Å². The number of hydrogen-bond acceptors (Lipinski definition) is 5. The normalized spacial score (nSPS) is 15.8. The molecule has 142 valence electrons. The summed E-state index contributed by atoms with van der Waals surface area (Å²) in [5, 5.41) is 0.782. The molecule has 1 aliphatic rings. The standard InChI is InChI=1S/C21H16ClNO5/c1-10-8-15-13(9-14(10)22)18(24)16-17(23(2)20(25)19(16)28-15)11-4-6-12(7-5-11)21(26)27-3/h4-9,17H,1-3H3/t17-/m1/s1. The zero-order chi connectivity index (χ0) is 20.2. The van der Waals surface area contributed by atoms with E-state index < -0.39 is 12.0 Å². The molecule has 1 amide bonds. The van der Waals surface area contributed by atoms with Crippen molar-refractivity contribution >= 4 is 34.4 Å². The molecule has 0 fully saturated rings. The first-order chi connectivity index (χ1) is 13.3. The molecule has 4 rings (SSSR count). The number of aryl methyl sites for hydroxylation is 1. The summed E-state index contributed by atoms with van der Waals surface area (Å²) in [7, 11) is 2.91. The number of halogens is 1. The Balaban J connectivity index is 1.92. The van der Waals surface area contributed by atoms with Gasteiger partial charge in [-0.2, -0.15) is 0 Å². The maximum Gasteiger partial charge on any atom is 0.337 e. The summed E-state index contributed by atoms with van der Waals surface area (Å²) < 4.78 is 10.5. The van der Waals surface area contributed by atoms with Crippen LogP contribution in [0.3, 0.4) is 0 Å². The van der Waals surface area contributed by atoms with E-state index in [9.17, 15) is 14.4 Å². The van der Waals surface area contributed by atoms with Crippen molar-refractivity contribution in [3.05, 3.63) is 79.7 Å². The van der Waals surface area contributed by atoms with Crippen LogP contribution in [0.4, 0.5) is 0 Å². The molecule has 1 aromatic heterocycles. The molecule has 28 heavy (non-hydrogen) atoms. The molecule has 7 heteroatoms. The number of nitrogens with zero attached hydrogens (tertiary/aromatic N) is 1. The van der Waals surface area contributed by atoms with Crippen molar-refractivity contribution in [1.29, 1.82) is 0 Å². The lowest BCUT2D eigenvalue weighted by Crippen LogP contribution is -2.25. The highest BCUT2D eigenvalue weighted by molar-refractivity contribution is 6.32. The third-order valence-electron chi connectivity index (χ3n) is 5.03. The van der Waals surface area contributed by atoms with Gasteiger partial charge in [-0.3, -0.25) is 9.59 Å². The molecular formula is C21H16ClNO5. The van der Waals surface area contributed by atoms with Gasteiger partial charge in [-0.1, -0.05) is 23.7 Å². The Hall–Kier alpha value is -3.12. The van der Waals surface area contributed by atoms with Gasteiger partial charge in [0, 0.05) is 12.1 Å². The summed E-state index contributed by atoms with van der Waals surface area (Å²) in [5.74, 6) is -0.800. The number of hydrogen-bond donors (Lipinski definition) is 0. The quantitative estimate of drug-likeness (QED) is 0.616. The molecule has 0 saturated carbocycles. The topological polar surface area (TPSA) is 76.8 Å². The largest absolute Gasteiger partial charge is 0.465 e. The minimum atomic E-state index is -0.616. The second kappa shape index (κ2) is 6.49. The van der Waals surface area contributed by atoms with Crippen molar-refractivity contribution in [2.24, 2.45) is 0 Å². The monoisotopic (exact) mass is 397 g/mol. The summed E-state index contributed by atoms with van der Waals surface area (Å²) >= 11 is 6.18. The second-order valence-corrected chi connectivity index (χ2v) is 7.11. The van der Waals surface area contributed by atoms with Crippen molar-refractivity contribution < 1.29 is 18.7 Å². The van der Waals surface area contributed by atoms with Gasteiger partial charge in [0.05, 0.1) is 29.7 Å². The van der Waals surface area contributed by atoms with Crippen molar-refractivity contribution in [1.82, 2.24) is 4.90 Å². The van der Waals surface area contributed by atoms with Crippen LogP contribution in [0.25, 0.3) is 11.0 Å². The van der Waals surface area contributed by atoms with E-state index in [0.717, 1.165) is 5.56 Å². The second-order valence-electron chi connectivity index (χ2n) is 6.70. The van der Waals surface area contributed by atoms with Crippen molar-refractivity contribution in [2.75, 3.05) is 14.2 Å². The summed E-state index contributed by atoms with van der Waals surface area (Å²) in [6.45, 7) is 1.80. The van der Waals surface area contributed by atoms with Crippen molar-refractivity contribution in [3.8, 4) is 0 Å². The van der Waals surface area contributed by atoms with Crippen LogP contribution in [0.2, 0.25) is 5.02 Å². The van der Waals surface area contributed by atoms with E-state index >= 15 is 0 Å². The Kier molecular flexibility index (Phi) is 4.23. The van der Waals surface area contributed by atoms with Crippen LogP contribution in [-0.4, -0.2) is 30.9 Å². The molecule has 2 heterocycles. The van der Waals surface area contributed by atoms with E-state index in [-0.39, 0.29) is 22.7 Å². The molecule has 0 bridgehead atoms. The van der Waals surface area contributed by atoms with Crippen LogP contribution >= 0.6 is 11.6 Å². The van der Waals surface area contributed by atoms with Gasteiger partial charge in [-0.25, -0.2) is 4.79 Å². The SMILES string of the molecule is COC(=O)c1ccc([C@@H]2c3c(oc4cc(C)c(Cl)cc4c3=O)C(=O)N2C)cc1.